The van der Waals surface area contributed by atoms with Crippen molar-refractivity contribution in [3.8, 4) is 0 Å². The first-order chi connectivity index (χ1) is 10.9. The monoisotopic (exact) mass is 320 g/mol. The summed E-state index contributed by atoms with van der Waals surface area (Å²) in [5.41, 5.74) is 1.76. The summed E-state index contributed by atoms with van der Waals surface area (Å²) >= 11 is 0. The van der Waals surface area contributed by atoms with Gasteiger partial charge in [-0.05, 0) is 36.8 Å². The van der Waals surface area contributed by atoms with Gasteiger partial charge in [-0.25, -0.2) is 0 Å². The minimum Gasteiger partial charge on any atom is -0.388 e. The molecular formula is C18H28N2O3. The summed E-state index contributed by atoms with van der Waals surface area (Å²) in [5, 5.41) is 15.4. The molecule has 0 fully saturated rings. The third-order valence-electron chi connectivity index (χ3n) is 4.34. The highest BCUT2D eigenvalue weighted by atomic mass is 16.3. The van der Waals surface area contributed by atoms with Crippen molar-refractivity contribution in [2.24, 2.45) is 0 Å². The molecule has 1 aromatic rings. The largest absolute Gasteiger partial charge is 0.388 e. The number of aryl methyl sites for hydroxylation is 2. The topological polar surface area (TPSA) is 78.4 Å². The molecule has 0 saturated carbocycles. The molecular weight excluding hydrogens is 292 g/mol. The fourth-order valence-corrected chi connectivity index (χ4v) is 2.40. The molecule has 0 aliphatic carbocycles. The highest BCUT2D eigenvalue weighted by molar-refractivity contribution is 6.39. The van der Waals surface area contributed by atoms with Gasteiger partial charge in [0.05, 0.1) is 5.60 Å². The first-order valence-electron chi connectivity index (χ1n) is 8.33. The van der Waals surface area contributed by atoms with Crippen LogP contribution in [0.15, 0.2) is 18.2 Å². The lowest BCUT2D eigenvalue weighted by Crippen LogP contribution is -2.45. The molecule has 128 valence electrons. The molecule has 0 radical (unpaired) electrons. The van der Waals surface area contributed by atoms with Crippen molar-refractivity contribution >= 4 is 17.5 Å². The van der Waals surface area contributed by atoms with Gasteiger partial charge in [0.1, 0.15) is 0 Å². The molecule has 5 heteroatoms. The van der Waals surface area contributed by atoms with Crippen molar-refractivity contribution in [1.82, 2.24) is 5.32 Å². The van der Waals surface area contributed by atoms with E-state index in [1.54, 1.807) is 0 Å². The Morgan fingerprint density at radius 1 is 1.00 bits per heavy atom. The maximum absolute atomic E-state index is 12.1. The van der Waals surface area contributed by atoms with Crippen molar-refractivity contribution in [3.05, 3.63) is 29.3 Å². The number of aliphatic hydroxyl groups is 1. The zero-order valence-electron chi connectivity index (χ0n) is 14.5. The van der Waals surface area contributed by atoms with E-state index < -0.39 is 17.4 Å². The number of nitrogens with one attached hydrogen (secondary N) is 2. The molecule has 0 aliphatic heterocycles. The predicted octanol–water partition coefficient (Wildman–Crippen LogP) is 2.42. The van der Waals surface area contributed by atoms with Crippen LogP contribution in [-0.2, 0) is 22.4 Å². The van der Waals surface area contributed by atoms with Crippen LogP contribution in [0.4, 0.5) is 5.69 Å². The molecule has 0 saturated heterocycles. The molecule has 23 heavy (non-hydrogen) atoms. The Morgan fingerprint density at radius 3 is 1.96 bits per heavy atom. The summed E-state index contributed by atoms with van der Waals surface area (Å²) in [7, 11) is 0. The van der Waals surface area contributed by atoms with Gasteiger partial charge < -0.3 is 15.7 Å². The van der Waals surface area contributed by atoms with Gasteiger partial charge in [-0.1, -0.05) is 45.9 Å². The van der Waals surface area contributed by atoms with Crippen LogP contribution < -0.4 is 10.6 Å². The number of carbonyl (C=O) groups is 2. The highest BCUT2D eigenvalue weighted by Gasteiger charge is 2.25. The molecule has 1 rings (SSSR count). The number of benzene rings is 1. The van der Waals surface area contributed by atoms with Crippen LogP contribution >= 0.6 is 0 Å². The summed E-state index contributed by atoms with van der Waals surface area (Å²) in [6, 6.07) is 5.84. The molecule has 0 spiro atoms. The van der Waals surface area contributed by atoms with E-state index in [1.165, 1.54) is 0 Å². The van der Waals surface area contributed by atoms with Gasteiger partial charge >= 0.3 is 11.8 Å². The number of carbonyl (C=O) groups excluding carboxylic acids is 2. The normalized spacial score (nSPS) is 11.2. The van der Waals surface area contributed by atoms with E-state index >= 15 is 0 Å². The number of hydrogen-bond acceptors (Lipinski definition) is 3. The van der Waals surface area contributed by atoms with Gasteiger partial charge in [-0.3, -0.25) is 9.59 Å². The first kappa shape index (κ1) is 19.2. The Kier molecular flexibility index (Phi) is 7.23. The van der Waals surface area contributed by atoms with E-state index in [4.69, 9.17) is 0 Å². The minimum atomic E-state index is -0.966. The van der Waals surface area contributed by atoms with Crippen LogP contribution in [0.5, 0.6) is 0 Å². The van der Waals surface area contributed by atoms with Gasteiger partial charge in [-0.2, -0.15) is 0 Å². The molecule has 0 aliphatic rings. The predicted molar refractivity (Wildman–Crippen MR) is 92.4 cm³/mol. The second-order valence-corrected chi connectivity index (χ2v) is 5.73. The molecule has 3 N–H and O–H groups in total. The van der Waals surface area contributed by atoms with Crippen molar-refractivity contribution in [1.29, 1.82) is 0 Å². The molecule has 1 aromatic carbocycles. The van der Waals surface area contributed by atoms with Crippen molar-refractivity contribution < 1.29 is 14.7 Å². The third-order valence-corrected chi connectivity index (χ3v) is 4.34. The lowest BCUT2D eigenvalue weighted by molar-refractivity contribution is -0.136. The zero-order chi connectivity index (χ0) is 17.5. The van der Waals surface area contributed by atoms with Gasteiger partial charge in [0.25, 0.3) is 0 Å². The van der Waals surface area contributed by atoms with E-state index in [-0.39, 0.29) is 6.54 Å². The third kappa shape index (κ3) is 5.06. The van der Waals surface area contributed by atoms with Gasteiger partial charge in [0.2, 0.25) is 0 Å². The van der Waals surface area contributed by atoms with Crippen molar-refractivity contribution in [3.63, 3.8) is 0 Å². The van der Waals surface area contributed by atoms with Gasteiger partial charge in [-0.15, -0.1) is 0 Å². The number of amides is 2. The van der Waals surface area contributed by atoms with Crippen LogP contribution in [0, 0.1) is 0 Å². The van der Waals surface area contributed by atoms with E-state index in [2.05, 4.69) is 10.6 Å². The van der Waals surface area contributed by atoms with E-state index in [1.807, 2.05) is 45.9 Å². The first-order valence-corrected chi connectivity index (χ1v) is 8.33. The van der Waals surface area contributed by atoms with Gasteiger partial charge in [0.15, 0.2) is 0 Å². The van der Waals surface area contributed by atoms with E-state index in [0.717, 1.165) is 29.7 Å². The molecule has 0 bridgehead atoms. The zero-order valence-corrected chi connectivity index (χ0v) is 14.5. The Bertz CT molecular complexity index is 529. The Labute approximate surface area is 138 Å². The quantitative estimate of drug-likeness (QED) is 0.675. The van der Waals surface area contributed by atoms with Crippen molar-refractivity contribution in [2.75, 3.05) is 11.9 Å². The van der Waals surface area contributed by atoms with Crippen LogP contribution in [0.3, 0.4) is 0 Å². The van der Waals surface area contributed by atoms with Crippen LogP contribution in [0.1, 0.15) is 51.7 Å². The Morgan fingerprint density at radius 2 is 1.52 bits per heavy atom. The molecule has 0 unspecified atom stereocenters. The SMILES string of the molecule is CCc1cccc(CC)c1NC(=O)C(=O)NCC(O)(CC)CC. The maximum Gasteiger partial charge on any atom is 0.313 e. The molecule has 2 amide bonds. The van der Waals surface area contributed by atoms with Crippen LogP contribution in [0.2, 0.25) is 0 Å². The summed E-state index contributed by atoms with van der Waals surface area (Å²) in [4.78, 5) is 24.1. The number of anilines is 1. The smallest absolute Gasteiger partial charge is 0.313 e. The van der Waals surface area contributed by atoms with Gasteiger partial charge in [0, 0.05) is 12.2 Å². The molecule has 5 nitrogen and oxygen atoms in total. The highest BCUT2D eigenvalue weighted by Crippen LogP contribution is 2.22. The Balaban J connectivity index is 2.78. The average molecular weight is 320 g/mol. The second-order valence-electron chi connectivity index (χ2n) is 5.73. The standard InChI is InChI=1S/C18H28N2O3/c1-5-13-10-9-11-14(6-2)15(13)20-17(22)16(21)19-12-18(23,7-3)8-4/h9-11,23H,5-8,12H2,1-4H3,(H,19,21)(H,20,22). The van der Waals surface area contributed by atoms with E-state index in [9.17, 15) is 14.7 Å². The number of hydrogen-bond donors (Lipinski definition) is 3. The van der Waals surface area contributed by atoms with Crippen LogP contribution in [-0.4, -0.2) is 29.1 Å². The lowest BCUT2D eigenvalue weighted by atomic mass is 9.97. The fraction of sp³-hybridized carbons (Fsp3) is 0.556. The number of rotatable bonds is 7. The summed E-state index contributed by atoms with van der Waals surface area (Å²) in [6.45, 7) is 7.78. The summed E-state index contributed by atoms with van der Waals surface area (Å²) < 4.78 is 0. The molecule has 0 heterocycles. The Hall–Kier alpha value is -1.88. The number of para-hydroxylation sites is 1. The lowest BCUT2D eigenvalue weighted by Gasteiger charge is -2.25. The summed E-state index contributed by atoms with van der Waals surface area (Å²) in [6.07, 6.45) is 2.58. The maximum atomic E-state index is 12.1. The van der Waals surface area contributed by atoms with Crippen molar-refractivity contribution in [2.45, 2.75) is 59.0 Å². The molecule has 0 aromatic heterocycles. The van der Waals surface area contributed by atoms with Crippen LogP contribution in [0.25, 0.3) is 0 Å². The van der Waals surface area contributed by atoms with E-state index in [0.29, 0.717) is 12.8 Å². The molecule has 0 atom stereocenters. The minimum absolute atomic E-state index is 0.0717. The fourth-order valence-electron chi connectivity index (χ4n) is 2.40. The average Bonchev–Trinajstić information content (AvgIpc) is 2.59. The second kappa shape index (κ2) is 8.67. The summed E-state index contributed by atoms with van der Waals surface area (Å²) in [5.74, 6) is -1.42.